The summed E-state index contributed by atoms with van der Waals surface area (Å²) in [6.07, 6.45) is 0. The molecule has 5 nitrogen and oxygen atoms in total. The molecule has 1 aromatic heterocycles. The quantitative estimate of drug-likeness (QED) is 0.326. The first-order valence-electron chi connectivity index (χ1n) is 2.31. The zero-order chi connectivity index (χ0) is 6.69. The molecule has 0 aliphatic rings. The van der Waals surface area contributed by atoms with Crippen LogP contribution >= 0.6 is 0 Å². The second-order valence-corrected chi connectivity index (χ2v) is 1.49. The molecule has 0 bridgehead atoms. The van der Waals surface area contributed by atoms with Gasteiger partial charge in [-0.2, -0.15) is 0 Å². The van der Waals surface area contributed by atoms with Crippen LogP contribution in [-0.4, -0.2) is 5.16 Å². The Bertz CT molecular complexity index is 247. The summed E-state index contributed by atoms with van der Waals surface area (Å²) in [5, 5.41) is 6.61. The van der Waals surface area contributed by atoms with Crippen LogP contribution in [0, 0.1) is 6.92 Å². The van der Waals surface area contributed by atoms with Crippen molar-refractivity contribution in [2.24, 2.45) is 5.11 Å². The summed E-state index contributed by atoms with van der Waals surface area (Å²) >= 11 is 0. The highest BCUT2D eigenvalue weighted by atomic mass is 16.5. The van der Waals surface area contributed by atoms with Gasteiger partial charge in [0.05, 0.1) is 0 Å². The highest BCUT2D eigenvalue weighted by molar-refractivity contribution is 5.24. The van der Waals surface area contributed by atoms with E-state index in [0.717, 1.165) is 0 Å². The molecule has 0 aliphatic heterocycles. The molecule has 0 N–H and O–H groups in total. The van der Waals surface area contributed by atoms with Crippen LogP contribution in [0.3, 0.4) is 0 Å². The predicted octanol–water partition coefficient (Wildman–Crippen LogP) is 1.92. The molecule has 5 heteroatoms. The van der Waals surface area contributed by atoms with Gasteiger partial charge < -0.3 is 4.52 Å². The van der Waals surface area contributed by atoms with E-state index in [0.29, 0.717) is 5.76 Å². The summed E-state index contributed by atoms with van der Waals surface area (Å²) in [5.41, 5.74) is 7.91. The number of azide groups is 1. The smallest absolute Gasteiger partial charge is 0.170 e. The van der Waals surface area contributed by atoms with Crippen LogP contribution < -0.4 is 0 Å². The SMILES string of the molecule is Cc1cc(N=[N+]=[N-])no1. The van der Waals surface area contributed by atoms with Gasteiger partial charge in [0.2, 0.25) is 0 Å². The van der Waals surface area contributed by atoms with E-state index in [-0.39, 0.29) is 5.82 Å². The normalized spacial score (nSPS) is 8.56. The molecule has 0 saturated carbocycles. The molecule has 0 amide bonds. The molecule has 1 heterocycles. The maximum atomic E-state index is 7.91. The second-order valence-electron chi connectivity index (χ2n) is 1.49. The summed E-state index contributed by atoms with van der Waals surface area (Å²) in [5.74, 6) is 0.910. The van der Waals surface area contributed by atoms with Crippen molar-refractivity contribution in [1.29, 1.82) is 0 Å². The lowest BCUT2D eigenvalue weighted by molar-refractivity contribution is 0.399. The monoisotopic (exact) mass is 124 g/mol. The molecule has 0 unspecified atom stereocenters. The lowest BCUT2D eigenvalue weighted by Gasteiger charge is -1.66. The van der Waals surface area contributed by atoms with Crippen LogP contribution in [0.2, 0.25) is 0 Å². The first-order valence-corrected chi connectivity index (χ1v) is 2.31. The lowest BCUT2D eigenvalue weighted by Crippen LogP contribution is -1.51. The molecule has 0 fully saturated rings. The molecule has 0 aromatic carbocycles. The van der Waals surface area contributed by atoms with Gasteiger partial charge in [0.15, 0.2) is 5.82 Å². The van der Waals surface area contributed by atoms with Crippen LogP contribution in [0.1, 0.15) is 5.76 Å². The average molecular weight is 124 g/mol. The van der Waals surface area contributed by atoms with E-state index in [9.17, 15) is 0 Å². The van der Waals surface area contributed by atoms with Gasteiger partial charge >= 0.3 is 0 Å². The molecule has 0 atom stereocenters. The van der Waals surface area contributed by atoms with Gasteiger partial charge in [0, 0.05) is 11.0 Å². The van der Waals surface area contributed by atoms with Crippen molar-refractivity contribution in [2.45, 2.75) is 6.92 Å². The highest BCUT2D eigenvalue weighted by Gasteiger charge is 1.93. The third-order valence-corrected chi connectivity index (χ3v) is 0.763. The summed E-state index contributed by atoms with van der Waals surface area (Å²) in [6.45, 7) is 1.73. The van der Waals surface area contributed by atoms with Crippen LogP contribution in [-0.2, 0) is 0 Å². The number of rotatable bonds is 1. The number of hydrogen-bond acceptors (Lipinski definition) is 3. The molecule has 0 spiro atoms. The van der Waals surface area contributed by atoms with Gasteiger partial charge in [-0.15, -0.1) is 0 Å². The Kier molecular flexibility index (Phi) is 1.38. The van der Waals surface area contributed by atoms with Crippen LogP contribution in [0.4, 0.5) is 5.82 Å². The van der Waals surface area contributed by atoms with E-state index >= 15 is 0 Å². The van der Waals surface area contributed by atoms with Gasteiger partial charge in [-0.05, 0) is 17.6 Å². The van der Waals surface area contributed by atoms with E-state index in [4.69, 9.17) is 5.53 Å². The fourth-order valence-electron chi connectivity index (χ4n) is 0.446. The summed E-state index contributed by atoms with van der Waals surface area (Å²) in [4.78, 5) is 2.52. The molecule has 0 saturated heterocycles. The van der Waals surface area contributed by atoms with Crippen molar-refractivity contribution in [3.63, 3.8) is 0 Å². The minimum Gasteiger partial charge on any atom is -0.361 e. The van der Waals surface area contributed by atoms with Crippen LogP contribution in [0.5, 0.6) is 0 Å². The highest BCUT2D eigenvalue weighted by Crippen LogP contribution is 2.09. The third kappa shape index (κ3) is 1.20. The van der Waals surface area contributed by atoms with Crippen molar-refractivity contribution in [3.05, 3.63) is 22.3 Å². The fourth-order valence-corrected chi connectivity index (χ4v) is 0.446. The number of aryl methyl sites for hydroxylation is 1. The van der Waals surface area contributed by atoms with Crippen molar-refractivity contribution < 1.29 is 4.52 Å². The van der Waals surface area contributed by atoms with Gasteiger partial charge in [0.1, 0.15) is 5.76 Å². The molecule has 0 radical (unpaired) electrons. The topological polar surface area (TPSA) is 74.8 Å². The Balaban J connectivity index is 2.97. The first kappa shape index (κ1) is 5.65. The molecular weight excluding hydrogens is 120 g/mol. The number of nitrogens with zero attached hydrogens (tertiary/aromatic N) is 4. The Morgan fingerprint density at radius 3 is 3.11 bits per heavy atom. The van der Waals surface area contributed by atoms with Crippen molar-refractivity contribution in [1.82, 2.24) is 5.16 Å². The number of aromatic nitrogens is 1. The van der Waals surface area contributed by atoms with E-state index < -0.39 is 0 Å². The van der Waals surface area contributed by atoms with E-state index in [1.807, 2.05) is 0 Å². The summed E-state index contributed by atoms with van der Waals surface area (Å²) in [7, 11) is 0. The van der Waals surface area contributed by atoms with Crippen molar-refractivity contribution in [3.8, 4) is 0 Å². The molecular formula is C4H4N4O. The zero-order valence-electron chi connectivity index (χ0n) is 4.77. The van der Waals surface area contributed by atoms with Crippen molar-refractivity contribution in [2.75, 3.05) is 0 Å². The molecule has 1 aromatic rings. The van der Waals surface area contributed by atoms with Gasteiger partial charge in [-0.3, -0.25) is 0 Å². The summed E-state index contributed by atoms with van der Waals surface area (Å²) in [6, 6.07) is 1.56. The Labute approximate surface area is 50.9 Å². The number of hydrogen-bond donors (Lipinski definition) is 0. The van der Waals surface area contributed by atoms with Crippen LogP contribution in [0.15, 0.2) is 15.7 Å². The molecule has 9 heavy (non-hydrogen) atoms. The minimum absolute atomic E-state index is 0.273. The fraction of sp³-hybridized carbons (Fsp3) is 0.250. The van der Waals surface area contributed by atoms with Crippen molar-refractivity contribution >= 4 is 5.82 Å². The van der Waals surface area contributed by atoms with E-state index in [1.54, 1.807) is 13.0 Å². The average Bonchev–Trinajstić information content (AvgIpc) is 2.17. The Morgan fingerprint density at radius 2 is 2.67 bits per heavy atom. The maximum absolute atomic E-state index is 7.91. The standard InChI is InChI=1S/C4H4N4O/c1-3-2-4(6-8-5)7-9-3/h2H,1H3. The molecule has 0 aliphatic carbocycles. The largest absolute Gasteiger partial charge is 0.361 e. The van der Waals surface area contributed by atoms with E-state index in [1.165, 1.54) is 0 Å². The molecule has 1 rings (SSSR count). The minimum atomic E-state index is 0.273. The first-order chi connectivity index (χ1) is 4.33. The van der Waals surface area contributed by atoms with Crippen LogP contribution in [0.25, 0.3) is 10.4 Å². The third-order valence-electron chi connectivity index (χ3n) is 0.763. The van der Waals surface area contributed by atoms with E-state index in [2.05, 4.69) is 19.7 Å². The summed E-state index contributed by atoms with van der Waals surface area (Å²) < 4.78 is 4.60. The maximum Gasteiger partial charge on any atom is 0.170 e. The zero-order valence-corrected chi connectivity index (χ0v) is 4.77. The lowest BCUT2D eigenvalue weighted by atomic mass is 10.5. The van der Waals surface area contributed by atoms with Gasteiger partial charge in [-0.25, -0.2) is 0 Å². The molecule has 46 valence electrons. The second kappa shape index (κ2) is 2.19. The predicted molar refractivity (Wildman–Crippen MR) is 30.0 cm³/mol. The Hall–Kier alpha value is -1.48. The Morgan fingerprint density at radius 1 is 1.89 bits per heavy atom. The van der Waals surface area contributed by atoms with Gasteiger partial charge in [0.25, 0.3) is 0 Å². The van der Waals surface area contributed by atoms with Gasteiger partial charge in [-0.1, -0.05) is 5.16 Å².